The maximum absolute atomic E-state index is 11.8. The van der Waals surface area contributed by atoms with Crippen molar-refractivity contribution in [1.29, 1.82) is 0 Å². The number of nitrogens with one attached hydrogen (secondary N) is 2. The molecule has 1 aliphatic rings. The summed E-state index contributed by atoms with van der Waals surface area (Å²) in [6.07, 6.45) is -0.689. The zero-order valence-electron chi connectivity index (χ0n) is 18.5. The normalized spacial score (nSPS) is 20.7. The molecular formula is C30H25BrN2O. The Bertz CT molecular complexity index is 1410. The number of aromatic amines is 1. The summed E-state index contributed by atoms with van der Waals surface area (Å²) in [6, 6.07) is 37.2. The standard InChI is InChI=1S/C30H25BrN2O/c31-22-17-15-21(16-18-22)30(34)29-25(19-9-3-1-4-10-19)26-23-13-7-8-14-24(23)32-28(26)27(33-29)20-11-5-2-6-12-20/h1-18,25,27,29-30,32-34H/t25-,27+,29+,30+/m1/s1. The molecule has 168 valence electrons. The lowest BCUT2D eigenvalue weighted by molar-refractivity contribution is 0.110. The first-order chi connectivity index (χ1) is 16.7. The number of hydrogen-bond donors (Lipinski definition) is 3. The first-order valence-corrected chi connectivity index (χ1v) is 12.4. The van der Waals surface area contributed by atoms with Gasteiger partial charge in [0, 0.05) is 33.0 Å². The number of benzene rings is 4. The van der Waals surface area contributed by atoms with Crippen molar-refractivity contribution in [2.45, 2.75) is 24.1 Å². The highest BCUT2D eigenvalue weighted by atomic mass is 79.9. The highest BCUT2D eigenvalue weighted by Crippen LogP contribution is 2.46. The van der Waals surface area contributed by atoms with Crippen LogP contribution in [0, 0.1) is 0 Å². The minimum Gasteiger partial charge on any atom is -0.387 e. The Morgan fingerprint density at radius 1 is 0.706 bits per heavy atom. The van der Waals surface area contributed by atoms with Crippen LogP contribution in [0.25, 0.3) is 10.9 Å². The van der Waals surface area contributed by atoms with Gasteiger partial charge in [0.1, 0.15) is 0 Å². The Kier molecular flexibility index (Phi) is 5.58. The summed E-state index contributed by atoms with van der Waals surface area (Å²) in [5.41, 5.74) is 6.81. The van der Waals surface area contributed by atoms with Gasteiger partial charge in [0.25, 0.3) is 0 Å². The van der Waals surface area contributed by atoms with Gasteiger partial charge in [0.05, 0.1) is 12.1 Å². The average molecular weight is 509 g/mol. The largest absolute Gasteiger partial charge is 0.387 e. The van der Waals surface area contributed by atoms with Crippen molar-refractivity contribution in [3.05, 3.63) is 142 Å². The Hall–Kier alpha value is -3.18. The fourth-order valence-corrected chi connectivity index (χ4v) is 5.65. The predicted molar refractivity (Wildman–Crippen MR) is 141 cm³/mol. The van der Waals surface area contributed by atoms with Crippen LogP contribution in [0.15, 0.2) is 114 Å². The van der Waals surface area contributed by atoms with Crippen molar-refractivity contribution in [3.8, 4) is 0 Å². The molecule has 0 radical (unpaired) electrons. The van der Waals surface area contributed by atoms with E-state index in [1.165, 1.54) is 27.8 Å². The maximum Gasteiger partial charge on any atom is 0.0952 e. The zero-order chi connectivity index (χ0) is 23.1. The molecule has 3 N–H and O–H groups in total. The summed E-state index contributed by atoms with van der Waals surface area (Å²) in [5, 5.41) is 16.8. The van der Waals surface area contributed by atoms with Crippen molar-refractivity contribution in [2.75, 3.05) is 0 Å². The summed E-state index contributed by atoms with van der Waals surface area (Å²) in [6.45, 7) is 0. The molecule has 34 heavy (non-hydrogen) atoms. The summed E-state index contributed by atoms with van der Waals surface area (Å²) < 4.78 is 1.00. The van der Waals surface area contributed by atoms with E-state index in [0.29, 0.717) is 0 Å². The Labute approximate surface area is 207 Å². The minimum atomic E-state index is -0.689. The fourth-order valence-electron chi connectivity index (χ4n) is 5.38. The van der Waals surface area contributed by atoms with Crippen LogP contribution in [-0.4, -0.2) is 16.1 Å². The lowest BCUT2D eigenvalue weighted by Gasteiger charge is -2.41. The van der Waals surface area contributed by atoms with E-state index in [0.717, 1.165) is 15.6 Å². The Morgan fingerprint density at radius 3 is 2.03 bits per heavy atom. The van der Waals surface area contributed by atoms with Gasteiger partial charge in [-0.3, -0.25) is 5.32 Å². The number of aliphatic hydroxyl groups is 1. The van der Waals surface area contributed by atoms with Crippen LogP contribution in [0.1, 0.15) is 46.0 Å². The number of para-hydroxylation sites is 1. The molecule has 0 bridgehead atoms. The van der Waals surface area contributed by atoms with E-state index in [1.54, 1.807) is 0 Å². The summed E-state index contributed by atoms with van der Waals surface area (Å²) in [7, 11) is 0. The number of aromatic nitrogens is 1. The SMILES string of the molecule is O[C@@H](c1ccc(Br)cc1)[C@H]1N[C@@H](c2ccccc2)c2[nH]c3ccccc3c2[C@H]1c1ccccc1. The molecule has 3 nitrogen and oxygen atoms in total. The van der Waals surface area contributed by atoms with Crippen LogP contribution in [-0.2, 0) is 0 Å². The first kappa shape index (κ1) is 21.4. The molecule has 1 aliphatic heterocycles. The number of H-pyrrole nitrogens is 1. The number of fused-ring (bicyclic) bond motifs is 3. The molecule has 0 spiro atoms. The van der Waals surface area contributed by atoms with Gasteiger partial charge < -0.3 is 10.1 Å². The molecule has 1 aromatic heterocycles. The number of hydrogen-bond acceptors (Lipinski definition) is 2. The second-order valence-electron chi connectivity index (χ2n) is 8.92. The number of rotatable bonds is 4. The van der Waals surface area contributed by atoms with Gasteiger partial charge in [-0.25, -0.2) is 0 Å². The third kappa shape index (κ3) is 3.68. The molecule has 4 heteroatoms. The van der Waals surface area contributed by atoms with Crippen LogP contribution in [0.3, 0.4) is 0 Å². The van der Waals surface area contributed by atoms with E-state index in [1.807, 2.05) is 36.4 Å². The van der Waals surface area contributed by atoms with E-state index < -0.39 is 6.10 Å². The maximum atomic E-state index is 11.8. The van der Waals surface area contributed by atoms with Crippen molar-refractivity contribution < 1.29 is 5.11 Å². The van der Waals surface area contributed by atoms with Crippen LogP contribution in [0.4, 0.5) is 0 Å². The van der Waals surface area contributed by atoms with Gasteiger partial charge in [-0.15, -0.1) is 0 Å². The predicted octanol–water partition coefficient (Wildman–Crippen LogP) is 6.86. The smallest absolute Gasteiger partial charge is 0.0952 e. The van der Waals surface area contributed by atoms with Crippen molar-refractivity contribution in [2.24, 2.45) is 0 Å². The van der Waals surface area contributed by atoms with Crippen molar-refractivity contribution >= 4 is 26.8 Å². The van der Waals surface area contributed by atoms with Crippen molar-refractivity contribution in [1.82, 2.24) is 10.3 Å². The zero-order valence-corrected chi connectivity index (χ0v) is 20.1. The molecule has 0 amide bonds. The summed E-state index contributed by atoms with van der Waals surface area (Å²) in [5.74, 6) is -0.0223. The highest BCUT2D eigenvalue weighted by Gasteiger charge is 2.42. The molecule has 0 aliphatic carbocycles. The Morgan fingerprint density at radius 2 is 1.32 bits per heavy atom. The second kappa shape index (κ2) is 8.88. The van der Waals surface area contributed by atoms with E-state index in [2.05, 4.69) is 99.0 Å². The summed E-state index contributed by atoms with van der Waals surface area (Å²) >= 11 is 3.52. The molecule has 0 fully saturated rings. The molecular weight excluding hydrogens is 484 g/mol. The third-order valence-electron chi connectivity index (χ3n) is 6.94. The first-order valence-electron chi connectivity index (χ1n) is 11.6. The van der Waals surface area contributed by atoms with Crippen molar-refractivity contribution in [3.63, 3.8) is 0 Å². The highest BCUT2D eigenvalue weighted by molar-refractivity contribution is 9.10. The second-order valence-corrected chi connectivity index (χ2v) is 9.83. The van der Waals surface area contributed by atoms with Crippen LogP contribution in [0.5, 0.6) is 0 Å². The van der Waals surface area contributed by atoms with Crippen LogP contribution in [0.2, 0.25) is 0 Å². The molecule has 4 atom stereocenters. The van der Waals surface area contributed by atoms with Crippen LogP contribution >= 0.6 is 15.9 Å². The van der Waals surface area contributed by atoms with E-state index in [-0.39, 0.29) is 18.0 Å². The molecule has 4 aromatic carbocycles. The lowest BCUT2D eigenvalue weighted by atomic mass is 9.75. The van der Waals surface area contributed by atoms with Gasteiger partial charge >= 0.3 is 0 Å². The van der Waals surface area contributed by atoms with E-state index in [9.17, 15) is 5.11 Å². The molecule has 0 saturated carbocycles. The fraction of sp³-hybridized carbons (Fsp3) is 0.133. The number of aliphatic hydroxyl groups excluding tert-OH is 1. The van der Waals surface area contributed by atoms with Gasteiger partial charge in [0.2, 0.25) is 0 Å². The Balaban J connectivity index is 1.59. The van der Waals surface area contributed by atoms with Gasteiger partial charge in [-0.1, -0.05) is 107 Å². The van der Waals surface area contributed by atoms with Crippen LogP contribution < -0.4 is 5.32 Å². The van der Waals surface area contributed by atoms with E-state index in [4.69, 9.17) is 0 Å². The quantitative estimate of drug-likeness (QED) is 0.248. The molecule has 5 aromatic rings. The van der Waals surface area contributed by atoms with Gasteiger partial charge in [0.15, 0.2) is 0 Å². The summed E-state index contributed by atoms with van der Waals surface area (Å²) in [4.78, 5) is 3.72. The minimum absolute atomic E-state index is 0.0223. The molecule has 0 saturated heterocycles. The topological polar surface area (TPSA) is 48.0 Å². The molecule has 6 rings (SSSR count). The third-order valence-corrected chi connectivity index (χ3v) is 7.47. The average Bonchev–Trinajstić information content (AvgIpc) is 3.28. The lowest BCUT2D eigenvalue weighted by Crippen LogP contribution is -2.47. The van der Waals surface area contributed by atoms with E-state index >= 15 is 0 Å². The monoisotopic (exact) mass is 508 g/mol. The molecule has 2 heterocycles. The van der Waals surface area contributed by atoms with Gasteiger partial charge in [-0.05, 0) is 40.5 Å². The number of halogens is 1. The van der Waals surface area contributed by atoms with Gasteiger partial charge in [-0.2, -0.15) is 0 Å². The molecule has 0 unspecified atom stereocenters.